The molecule has 0 saturated heterocycles. The maximum atomic E-state index is 11.9. The summed E-state index contributed by atoms with van der Waals surface area (Å²) in [7, 11) is 0. The number of ether oxygens (including phenoxy) is 1. The number of hydrogen-bond acceptors (Lipinski definition) is 3. The average molecular weight is 381 g/mol. The van der Waals surface area contributed by atoms with Crippen LogP contribution in [0.25, 0.3) is 0 Å². The third-order valence-electron chi connectivity index (χ3n) is 2.76. The summed E-state index contributed by atoms with van der Waals surface area (Å²) >= 11 is 2.28. The summed E-state index contributed by atoms with van der Waals surface area (Å²) in [6, 6.07) is 19.1. The smallest absolute Gasteiger partial charge is 0.338 e. The van der Waals surface area contributed by atoms with Crippen LogP contribution in [0.3, 0.4) is 0 Å². The second-order valence-electron chi connectivity index (χ2n) is 4.33. The minimum absolute atomic E-state index is 0.102. The molecule has 1 atom stereocenters. The molecular weight excluding hydrogens is 365 g/mol. The Morgan fingerprint density at radius 2 is 1.65 bits per heavy atom. The van der Waals surface area contributed by atoms with Gasteiger partial charge in [-0.3, -0.25) is 0 Å². The first-order chi connectivity index (χ1) is 9.79. The van der Waals surface area contributed by atoms with Crippen LogP contribution in [0, 0.1) is 0 Å². The summed E-state index contributed by atoms with van der Waals surface area (Å²) in [5.74, 6) is -0.282. The second kappa shape index (κ2) is 7.89. The third kappa shape index (κ3) is 4.52. The molecule has 3 nitrogen and oxygen atoms in total. The Balaban J connectivity index is 1.86. The molecule has 0 amide bonds. The first-order valence-corrected chi connectivity index (χ1v) is 7.92. The molecule has 0 aliphatic heterocycles. The molecule has 0 fully saturated rings. The minimum atomic E-state index is -0.282. The second-order valence-corrected chi connectivity index (χ2v) is 5.21. The molecule has 0 spiro atoms. The molecule has 2 rings (SSSR count). The zero-order valence-corrected chi connectivity index (χ0v) is 13.1. The van der Waals surface area contributed by atoms with E-state index in [1.54, 1.807) is 12.1 Å². The quantitative estimate of drug-likeness (QED) is 0.471. The molecule has 0 bridgehead atoms. The van der Waals surface area contributed by atoms with Gasteiger partial charge in [-0.2, -0.15) is 0 Å². The Labute approximate surface area is 132 Å². The highest BCUT2D eigenvalue weighted by atomic mass is 127. The topological polar surface area (TPSA) is 38.3 Å². The van der Waals surface area contributed by atoms with E-state index in [0.717, 1.165) is 10.1 Å². The van der Waals surface area contributed by atoms with Crippen molar-refractivity contribution in [3.05, 3.63) is 66.2 Å². The number of anilines is 1. The zero-order chi connectivity index (χ0) is 14.2. The Morgan fingerprint density at radius 1 is 1.05 bits per heavy atom. The fourth-order valence-electron chi connectivity index (χ4n) is 1.73. The van der Waals surface area contributed by atoms with Crippen LogP contribution in [-0.4, -0.2) is 23.0 Å². The van der Waals surface area contributed by atoms with Gasteiger partial charge < -0.3 is 10.1 Å². The van der Waals surface area contributed by atoms with E-state index >= 15 is 0 Å². The number of halogens is 1. The third-order valence-corrected chi connectivity index (χ3v) is 3.82. The van der Waals surface area contributed by atoms with Crippen LogP contribution in [0.15, 0.2) is 60.7 Å². The van der Waals surface area contributed by atoms with Gasteiger partial charge in [0.2, 0.25) is 0 Å². The van der Waals surface area contributed by atoms with Gasteiger partial charge >= 0.3 is 5.97 Å². The molecule has 2 aromatic rings. The highest BCUT2D eigenvalue weighted by molar-refractivity contribution is 14.1. The van der Waals surface area contributed by atoms with E-state index in [0.29, 0.717) is 12.2 Å². The van der Waals surface area contributed by atoms with Crippen molar-refractivity contribution in [3.63, 3.8) is 0 Å². The molecule has 0 radical (unpaired) electrons. The minimum Gasteiger partial charge on any atom is -0.460 e. The molecule has 0 aliphatic rings. The molecule has 2 aromatic carbocycles. The molecule has 104 valence electrons. The van der Waals surface area contributed by atoms with Gasteiger partial charge in [0, 0.05) is 10.1 Å². The number of para-hydroxylation sites is 1. The Bertz CT molecular complexity index is 531. The van der Waals surface area contributed by atoms with E-state index in [1.807, 2.05) is 48.5 Å². The van der Waals surface area contributed by atoms with Gasteiger partial charge in [0.1, 0.15) is 6.61 Å². The zero-order valence-electron chi connectivity index (χ0n) is 11.0. The molecule has 1 unspecified atom stereocenters. The summed E-state index contributed by atoms with van der Waals surface area (Å²) in [5, 5.41) is 3.35. The van der Waals surface area contributed by atoms with Crippen molar-refractivity contribution in [1.29, 1.82) is 0 Å². The fourth-order valence-corrected chi connectivity index (χ4v) is 2.20. The number of benzene rings is 2. The van der Waals surface area contributed by atoms with E-state index in [4.69, 9.17) is 4.74 Å². The average Bonchev–Trinajstić information content (AvgIpc) is 2.53. The number of carbonyl (C=O) groups is 1. The van der Waals surface area contributed by atoms with Crippen molar-refractivity contribution in [2.45, 2.75) is 6.04 Å². The Hall–Kier alpha value is -1.56. The van der Waals surface area contributed by atoms with Gasteiger partial charge in [-0.25, -0.2) is 4.79 Å². The summed E-state index contributed by atoms with van der Waals surface area (Å²) < 4.78 is 6.20. The molecule has 4 heteroatoms. The lowest BCUT2D eigenvalue weighted by molar-refractivity contribution is 0.0496. The number of alkyl halides is 1. The summed E-state index contributed by atoms with van der Waals surface area (Å²) in [5.41, 5.74) is 1.62. The number of esters is 1. The largest absolute Gasteiger partial charge is 0.460 e. The van der Waals surface area contributed by atoms with Crippen LogP contribution in [0.2, 0.25) is 0 Å². The van der Waals surface area contributed by atoms with Crippen LogP contribution in [0.4, 0.5) is 5.69 Å². The van der Waals surface area contributed by atoms with E-state index < -0.39 is 0 Å². The summed E-state index contributed by atoms with van der Waals surface area (Å²) in [6.45, 7) is 0.353. The van der Waals surface area contributed by atoms with Crippen LogP contribution in [0.5, 0.6) is 0 Å². The Kier molecular flexibility index (Phi) is 5.86. The molecule has 0 aromatic heterocycles. The standard InChI is InChI=1S/C16H16INO2/c17-11-15(18-14-9-5-2-6-10-14)12-20-16(19)13-7-3-1-4-8-13/h1-10,15,18H,11-12H2. The lowest BCUT2D eigenvalue weighted by Gasteiger charge is -2.17. The van der Waals surface area contributed by atoms with E-state index in [9.17, 15) is 4.79 Å². The van der Waals surface area contributed by atoms with Gasteiger partial charge in [-0.15, -0.1) is 0 Å². The van der Waals surface area contributed by atoms with Gasteiger partial charge in [-0.1, -0.05) is 59.0 Å². The first-order valence-electron chi connectivity index (χ1n) is 6.39. The predicted octanol–water partition coefficient (Wildman–Crippen LogP) is 3.76. The number of carbonyl (C=O) groups excluding carboxylic acids is 1. The number of rotatable bonds is 6. The van der Waals surface area contributed by atoms with Crippen LogP contribution < -0.4 is 5.32 Å². The van der Waals surface area contributed by atoms with Gasteiger partial charge in [0.05, 0.1) is 11.6 Å². The van der Waals surface area contributed by atoms with Crippen molar-refractivity contribution in [3.8, 4) is 0 Å². The van der Waals surface area contributed by atoms with Crippen molar-refractivity contribution < 1.29 is 9.53 Å². The highest BCUT2D eigenvalue weighted by Gasteiger charge is 2.11. The van der Waals surface area contributed by atoms with E-state index in [1.165, 1.54) is 0 Å². The predicted molar refractivity (Wildman–Crippen MR) is 89.5 cm³/mol. The summed E-state index contributed by atoms with van der Waals surface area (Å²) in [4.78, 5) is 11.9. The van der Waals surface area contributed by atoms with E-state index in [-0.39, 0.29) is 12.0 Å². The number of nitrogens with one attached hydrogen (secondary N) is 1. The van der Waals surface area contributed by atoms with E-state index in [2.05, 4.69) is 27.9 Å². The van der Waals surface area contributed by atoms with Crippen molar-refractivity contribution in [1.82, 2.24) is 0 Å². The fraction of sp³-hybridized carbons (Fsp3) is 0.188. The number of hydrogen-bond donors (Lipinski definition) is 1. The maximum Gasteiger partial charge on any atom is 0.338 e. The van der Waals surface area contributed by atoms with Gasteiger partial charge in [0.25, 0.3) is 0 Å². The lowest BCUT2D eigenvalue weighted by atomic mass is 10.2. The van der Waals surface area contributed by atoms with Gasteiger partial charge in [0.15, 0.2) is 0 Å². The van der Waals surface area contributed by atoms with Crippen molar-refractivity contribution in [2.24, 2.45) is 0 Å². The molecule has 0 saturated carbocycles. The van der Waals surface area contributed by atoms with Crippen molar-refractivity contribution >= 4 is 34.2 Å². The van der Waals surface area contributed by atoms with Crippen LogP contribution in [-0.2, 0) is 4.74 Å². The summed E-state index contributed by atoms with van der Waals surface area (Å²) in [6.07, 6.45) is 0. The SMILES string of the molecule is O=C(OCC(CI)Nc1ccccc1)c1ccccc1. The molecule has 1 N–H and O–H groups in total. The highest BCUT2D eigenvalue weighted by Crippen LogP contribution is 2.10. The molecule has 0 aliphatic carbocycles. The maximum absolute atomic E-state index is 11.9. The molecular formula is C16H16INO2. The first kappa shape index (κ1) is 14.8. The molecule has 20 heavy (non-hydrogen) atoms. The normalized spacial score (nSPS) is 11.7. The van der Waals surface area contributed by atoms with Gasteiger partial charge in [-0.05, 0) is 24.3 Å². The Morgan fingerprint density at radius 3 is 2.25 bits per heavy atom. The van der Waals surface area contributed by atoms with Crippen LogP contribution in [0.1, 0.15) is 10.4 Å². The monoisotopic (exact) mass is 381 g/mol. The van der Waals surface area contributed by atoms with Crippen LogP contribution >= 0.6 is 22.6 Å². The lowest BCUT2D eigenvalue weighted by Crippen LogP contribution is -2.28. The van der Waals surface area contributed by atoms with Crippen molar-refractivity contribution in [2.75, 3.05) is 16.4 Å². The molecule has 0 heterocycles.